The molecule has 0 radical (unpaired) electrons. The molecule has 1 N–H and O–H groups in total. The summed E-state index contributed by atoms with van der Waals surface area (Å²) in [5.74, 6) is 0. The van der Waals surface area contributed by atoms with Gasteiger partial charge in [0.15, 0.2) is 0 Å². The van der Waals surface area contributed by atoms with E-state index < -0.39 is 0 Å². The van der Waals surface area contributed by atoms with Gasteiger partial charge < -0.3 is 5.32 Å². The van der Waals surface area contributed by atoms with Crippen molar-refractivity contribution in [3.63, 3.8) is 0 Å². The van der Waals surface area contributed by atoms with Gasteiger partial charge in [0, 0.05) is 0 Å². The van der Waals surface area contributed by atoms with Crippen LogP contribution in [0.3, 0.4) is 0 Å². The topological polar surface area (TPSA) is 12.0 Å². The van der Waals surface area contributed by atoms with Gasteiger partial charge in [-0.15, -0.1) is 0 Å². The minimum absolute atomic E-state index is 1.18. The normalized spacial score (nSPS) is 24.0. The number of piperidine rings is 1. The first-order chi connectivity index (χ1) is 5.95. The summed E-state index contributed by atoms with van der Waals surface area (Å²) in [6.07, 6.45) is 11.4. The highest BCUT2D eigenvalue weighted by molar-refractivity contribution is 5.26. The third kappa shape index (κ3) is 1.98. The molecule has 66 valence electrons. The first-order valence-corrected chi connectivity index (χ1v) is 5.04. The van der Waals surface area contributed by atoms with E-state index in [9.17, 15) is 0 Å². The van der Waals surface area contributed by atoms with Crippen molar-refractivity contribution in [3.05, 3.63) is 23.3 Å². The van der Waals surface area contributed by atoms with E-state index in [1.807, 2.05) is 0 Å². The van der Waals surface area contributed by atoms with Gasteiger partial charge in [0.1, 0.15) is 0 Å². The number of rotatable bonds is 1. The highest BCUT2D eigenvalue weighted by atomic mass is 14.9. The standard InChI is InChI=1S/C11H17N/c1-2-4-10(3-1)9-11-5-7-12-8-6-11/h3,9,12H,1-2,4-8H2. The fourth-order valence-electron chi connectivity index (χ4n) is 1.98. The monoisotopic (exact) mass is 163 g/mol. The lowest BCUT2D eigenvalue weighted by Gasteiger charge is -2.15. The molecule has 0 bridgehead atoms. The highest BCUT2D eigenvalue weighted by Gasteiger charge is 2.06. The number of allylic oxidation sites excluding steroid dienone is 3. The van der Waals surface area contributed by atoms with Crippen LogP contribution in [0.5, 0.6) is 0 Å². The fraction of sp³-hybridized carbons (Fsp3) is 0.636. The lowest BCUT2D eigenvalue weighted by atomic mass is 10.0. The Labute approximate surface area is 74.5 Å². The molecule has 12 heavy (non-hydrogen) atoms. The minimum Gasteiger partial charge on any atom is -0.316 e. The molecule has 2 aliphatic rings. The van der Waals surface area contributed by atoms with E-state index >= 15 is 0 Å². The Morgan fingerprint density at radius 3 is 2.67 bits per heavy atom. The Morgan fingerprint density at radius 1 is 1.17 bits per heavy atom. The van der Waals surface area contributed by atoms with Crippen molar-refractivity contribution in [1.29, 1.82) is 0 Å². The van der Waals surface area contributed by atoms with Crippen molar-refractivity contribution in [2.75, 3.05) is 13.1 Å². The van der Waals surface area contributed by atoms with Crippen molar-refractivity contribution >= 4 is 0 Å². The fourth-order valence-corrected chi connectivity index (χ4v) is 1.98. The summed E-state index contributed by atoms with van der Waals surface area (Å²) >= 11 is 0. The molecule has 1 nitrogen and oxygen atoms in total. The number of hydrogen-bond donors (Lipinski definition) is 1. The van der Waals surface area contributed by atoms with E-state index in [-0.39, 0.29) is 0 Å². The molecule has 0 aromatic carbocycles. The molecule has 0 atom stereocenters. The molecule has 1 saturated heterocycles. The molecule has 1 heterocycles. The first-order valence-electron chi connectivity index (χ1n) is 5.04. The van der Waals surface area contributed by atoms with Crippen LogP contribution in [0.1, 0.15) is 32.1 Å². The van der Waals surface area contributed by atoms with Crippen LogP contribution in [0.2, 0.25) is 0 Å². The van der Waals surface area contributed by atoms with Gasteiger partial charge in [0.25, 0.3) is 0 Å². The highest BCUT2D eigenvalue weighted by Crippen LogP contribution is 2.22. The van der Waals surface area contributed by atoms with Crippen molar-refractivity contribution in [3.8, 4) is 0 Å². The van der Waals surface area contributed by atoms with Crippen LogP contribution in [0.4, 0.5) is 0 Å². The summed E-state index contributed by atoms with van der Waals surface area (Å²) in [7, 11) is 0. The average molecular weight is 163 g/mol. The Balaban J connectivity index is 1.96. The molecule has 0 spiro atoms. The van der Waals surface area contributed by atoms with Crippen LogP contribution in [0, 0.1) is 0 Å². The zero-order valence-corrected chi connectivity index (χ0v) is 7.60. The van der Waals surface area contributed by atoms with Crippen LogP contribution in [-0.4, -0.2) is 13.1 Å². The van der Waals surface area contributed by atoms with Crippen LogP contribution in [-0.2, 0) is 0 Å². The molecule has 1 fully saturated rings. The van der Waals surface area contributed by atoms with E-state index in [0.717, 1.165) is 0 Å². The van der Waals surface area contributed by atoms with Crippen LogP contribution < -0.4 is 5.32 Å². The maximum Gasteiger partial charge on any atom is -0.00113 e. The molecule has 0 saturated carbocycles. The second kappa shape index (κ2) is 3.90. The molecule has 0 unspecified atom stereocenters. The van der Waals surface area contributed by atoms with Crippen molar-refractivity contribution in [2.45, 2.75) is 32.1 Å². The van der Waals surface area contributed by atoms with Gasteiger partial charge in [0.05, 0.1) is 0 Å². The lowest BCUT2D eigenvalue weighted by molar-refractivity contribution is 0.609. The third-order valence-electron chi connectivity index (χ3n) is 2.71. The van der Waals surface area contributed by atoms with Crippen LogP contribution >= 0.6 is 0 Å². The average Bonchev–Trinajstić information content (AvgIpc) is 2.59. The van der Waals surface area contributed by atoms with Crippen LogP contribution in [0.25, 0.3) is 0 Å². The Bertz CT molecular complexity index is 205. The van der Waals surface area contributed by atoms with Crippen LogP contribution in [0.15, 0.2) is 23.3 Å². The zero-order chi connectivity index (χ0) is 8.23. The van der Waals surface area contributed by atoms with Gasteiger partial charge in [-0.2, -0.15) is 0 Å². The van der Waals surface area contributed by atoms with Gasteiger partial charge in [-0.25, -0.2) is 0 Å². The summed E-state index contributed by atoms with van der Waals surface area (Å²) in [5.41, 5.74) is 3.24. The number of nitrogens with one attached hydrogen (secondary N) is 1. The molecule has 1 aliphatic carbocycles. The van der Waals surface area contributed by atoms with Crippen molar-refractivity contribution in [1.82, 2.24) is 5.32 Å². The van der Waals surface area contributed by atoms with Crippen molar-refractivity contribution < 1.29 is 0 Å². The lowest BCUT2D eigenvalue weighted by Crippen LogP contribution is -2.23. The second-order valence-electron chi connectivity index (χ2n) is 3.72. The summed E-state index contributed by atoms with van der Waals surface area (Å²) in [6, 6.07) is 0. The van der Waals surface area contributed by atoms with Gasteiger partial charge in [-0.3, -0.25) is 0 Å². The minimum atomic E-state index is 1.18. The summed E-state index contributed by atoms with van der Waals surface area (Å²) in [6.45, 7) is 2.36. The predicted octanol–water partition coefficient (Wildman–Crippen LogP) is 2.41. The maximum absolute atomic E-state index is 3.38. The quantitative estimate of drug-likeness (QED) is 0.626. The summed E-state index contributed by atoms with van der Waals surface area (Å²) in [4.78, 5) is 0. The molecule has 0 aromatic heterocycles. The molecule has 1 aliphatic heterocycles. The van der Waals surface area contributed by atoms with Gasteiger partial charge in [-0.05, 0) is 45.2 Å². The zero-order valence-electron chi connectivity index (χ0n) is 7.60. The van der Waals surface area contributed by atoms with E-state index in [0.29, 0.717) is 0 Å². The largest absolute Gasteiger partial charge is 0.316 e. The van der Waals surface area contributed by atoms with Crippen molar-refractivity contribution in [2.24, 2.45) is 0 Å². The maximum atomic E-state index is 3.38. The van der Waals surface area contributed by atoms with E-state index in [1.54, 1.807) is 11.1 Å². The first kappa shape index (κ1) is 8.06. The molecular formula is C11H17N. The SMILES string of the molecule is C1=C(C=C2CCNCC2)CCC1. The Kier molecular flexibility index (Phi) is 2.62. The smallest absolute Gasteiger partial charge is 0.00113 e. The molecular weight excluding hydrogens is 146 g/mol. The summed E-state index contributed by atoms with van der Waals surface area (Å²) < 4.78 is 0. The number of hydrogen-bond acceptors (Lipinski definition) is 1. The molecule has 2 rings (SSSR count). The van der Waals surface area contributed by atoms with Gasteiger partial charge in [-0.1, -0.05) is 23.3 Å². The molecule has 0 aromatic rings. The summed E-state index contributed by atoms with van der Waals surface area (Å²) in [5, 5.41) is 3.38. The Hall–Kier alpha value is -0.560. The second-order valence-corrected chi connectivity index (χ2v) is 3.72. The molecule has 0 amide bonds. The van der Waals surface area contributed by atoms with E-state index in [4.69, 9.17) is 0 Å². The van der Waals surface area contributed by atoms with Gasteiger partial charge in [0.2, 0.25) is 0 Å². The van der Waals surface area contributed by atoms with E-state index in [2.05, 4.69) is 17.5 Å². The third-order valence-corrected chi connectivity index (χ3v) is 2.71. The molecule has 1 heteroatoms. The van der Waals surface area contributed by atoms with Gasteiger partial charge >= 0.3 is 0 Å². The Morgan fingerprint density at radius 2 is 2.00 bits per heavy atom. The van der Waals surface area contributed by atoms with E-state index in [1.165, 1.54) is 45.2 Å². The predicted molar refractivity (Wildman–Crippen MR) is 52.1 cm³/mol.